The van der Waals surface area contributed by atoms with Crippen molar-refractivity contribution in [2.75, 3.05) is 6.54 Å². The van der Waals surface area contributed by atoms with Crippen molar-refractivity contribution < 1.29 is 14.3 Å². The van der Waals surface area contributed by atoms with Crippen LogP contribution in [-0.2, 0) is 20.9 Å². The number of carbonyl (C=O) groups excluding carboxylic acids is 2. The molecule has 5 nitrogen and oxygen atoms in total. The summed E-state index contributed by atoms with van der Waals surface area (Å²) in [7, 11) is 0. The van der Waals surface area contributed by atoms with Gasteiger partial charge in [-0.25, -0.2) is 9.63 Å². The van der Waals surface area contributed by atoms with E-state index >= 15 is 0 Å². The predicted octanol–water partition coefficient (Wildman–Crippen LogP) is 2.88. The number of hydrogen-bond acceptors (Lipinski definition) is 4. The van der Waals surface area contributed by atoms with Gasteiger partial charge in [-0.3, -0.25) is 4.79 Å². The quantitative estimate of drug-likeness (QED) is 0.605. The maximum absolute atomic E-state index is 12.7. The van der Waals surface area contributed by atoms with E-state index in [-0.39, 0.29) is 18.5 Å². The fraction of sp³-hybridized carbons (Fsp3) is 0.556. The summed E-state index contributed by atoms with van der Waals surface area (Å²) in [6.45, 7) is 4.85. The molecule has 24 heavy (non-hydrogen) atoms. The Morgan fingerprint density at radius 1 is 1.33 bits per heavy atom. The molecule has 1 heterocycles. The summed E-state index contributed by atoms with van der Waals surface area (Å²) in [5, 5.41) is 0. The number of nitrogens with one attached hydrogen (secondary N) is 1. The van der Waals surface area contributed by atoms with Crippen molar-refractivity contribution in [3.63, 3.8) is 0 Å². The lowest BCUT2D eigenvalue weighted by Crippen LogP contribution is -2.49. The molecule has 132 valence electrons. The van der Waals surface area contributed by atoms with Crippen LogP contribution in [0.4, 0.5) is 0 Å². The Kier molecular flexibility index (Phi) is 7.06. The summed E-state index contributed by atoms with van der Waals surface area (Å²) in [5.74, 6) is -0.142. The van der Waals surface area contributed by atoms with Crippen LogP contribution in [0.1, 0.15) is 38.7 Å². The van der Waals surface area contributed by atoms with E-state index in [4.69, 9.17) is 16.5 Å². The Labute approximate surface area is 148 Å². The van der Waals surface area contributed by atoms with Gasteiger partial charge in [0.05, 0.1) is 0 Å². The molecule has 1 aromatic carbocycles. The molecule has 1 fully saturated rings. The molecule has 1 aliphatic rings. The van der Waals surface area contributed by atoms with Gasteiger partial charge in [0, 0.05) is 6.54 Å². The number of esters is 1. The zero-order chi connectivity index (χ0) is 17.5. The highest BCUT2D eigenvalue weighted by molar-refractivity contribution is 6.15. The third kappa shape index (κ3) is 4.95. The number of ether oxygens (including phenoxy) is 1. The van der Waals surface area contributed by atoms with Gasteiger partial charge < -0.3 is 9.64 Å². The summed E-state index contributed by atoms with van der Waals surface area (Å²) in [5.41, 5.74) is 0.932. The van der Waals surface area contributed by atoms with E-state index in [0.717, 1.165) is 12.0 Å². The third-order valence-corrected chi connectivity index (χ3v) is 4.43. The molecule has 0 spiro atoms. The SMILES string of the molecule is CC(C)C[C@H](NCl)C(=O)N1CCC[C@H]1C(=O)OCc1ccccc1. The van der Waals surface area contributed by atoms with Crippen LogP contribution in [0.2, 0.25) is 0 Å². The van der Waals surface area contributed by atoms with E-state index in [1.807, 2.05) is 44.2 Å². The van der Waals surface area contributed by atoms with Crippen molar-refractivity contribution in [3.8, 4) is 0 Å². The molecule has 0 aromatic heterocycles. The molecule has 0 aliphatic carbocycles. The summed E-state index contributed by atoms with van der Waals surface area (Å²) < 4.78 is 5.40. The van der Waals surface area contributed by atoms with E-state index in [1.165, 1.54) is 0 Å². The van der Waals surface area contributed by atoms with Crippen LogP contribution in [0.25, 0.3) is 0 Å². The molecule has 0 bridgehead atoms. The van der Waals surface area contributed by atoms with Crippen molar-refractivity contribution in [1.82, 2.24) is 9.74 Å². The van der Waals surface area contributed by atoms with Gasteiger partial charge in [0.1, 0.15) is 18.7 Å². The van der Waals surface area contributed by atoms with Gasteiger partial charge in [-0.2, -0.15) is 0 Å². The monoisotopic (exact) mass is 352 g/mol. The molecule has 0 unspecified atom stereocenters. The van der Waals surface area contributed by atoms with Crippen molar-refractivity contribution in [2.24, 2.45) is 5.92 Å². The minimum absolute atomic E-state index is 0.127. The van der Waals surface area contributed by atoms with E-state index in [1.54, 1.807) is 4.90 Å². The van der Waals surface area contributed by atoms with Crippen molar-refractivity contribution in [2.45, 2.75) is 51.8 Å². The zero-order valence-corrected chi connectivity index (χ0v) is 15.0. The first-order valence-corrected chi connectivity index (χ1v) is 8.78. The van der Waals surface area contributed by atoms with E-state index < -0.39 is 12.1 Å². The Morgan fingerprint density at radius 2 is 2.04 bits per heavy atom. The van der Waals surface area contributed by atoms with Crippen LogP contribution in [0.5, 0.6) is 0 Å². The van der Waals surface area contributed by atoms with Gasteiger partial charge in [0.15, 0.2) is 0 Å². The fourth-order valence-corrected chi connectivity index (χ4v) is 3.15. The van der Waals surface area contributed by atoms with Crippen LogP contribution in [-0.4, -0.2) is 35.4 Å². The first kappa shape index (κ1) is 18.7. The largest absolute Gasteiger partial charge is 0.459 e. The lowest BCUT2D eigenvalue weighted by molar-refractivity contribution is -0.155. The zero-order valence-electron chi connectivity index (χ0n) is 14.2. The molecule has 1 saturated heterocycles. The summed E-state index contributed by atoms with van der Waals surface area (Å²) in [6, 6.07) is 8.53. The van der Waals surface area contributed by atoms with Crippen molar-refractivity contribution >= 4 is 23.7 Å². The van der Waals surface area contributed by atoms with Crippen LogP contribution < -0.4 is 4.84 Å². The van der Waals surface area contributed by atoms with Crippen LogP contribution in [0.3, 0.4) is 0 Å². The minimum Gasteiger partial charge on any atom is -0.459 e. The average Bonchev–Trinajstić information content (AvgIpc) is 3.07. The summed E-state index contributed by atoms with van der Waals surface area (Å²) in [6.07, 6.45) is 2.06. The average molecular weight is 353 g/mol. The topological polar surface area (TPSA) is 58.6 Å². The van der Waals surface area contributed by atoms with Gasteiger partial charge in [-0.1, -0.05) is 44.2 Å². The van der Waals surface area contributed by atoms with Gasteiger partial charge in [-0.05, 0) is 42.5 Å². The number of carbonyl (C=O) groups is 2. The maximum Gasteiger partial charge on any atom is 0.329 e. The van der Waals surface area contributed by atoms with Crippen LogP contribution in [0, 0.1) is 5.92 Å². The number of hydrogen-bond donors (Lipinski definition) is 1. The number of benzene rings is 1. The van der Waals surface area contributed by atoms with Gasteiger partial charge in [0.25, 0.3) is 0 Å². The van der Waals surface area contributed by atoms with E-state index in [2.05, 4.69) is 4.84 Å². The van der Waals surface area contributed by atoms with E-state index in [9.17, 15) is 9.59 Å². The summed E-state index contributed by atoms with van der Waals surface area (Å²) in [4.78, 5) is 29.2. The second kappa shape index (κ2) is 9.04. The number of halogens is 1. The Hall–Kier alpha value is -1.59. The second-order valence-corrected chi connectivity index (χ2v) is 6.79. The third-order valence-electron chi connectivity index (χ3n) is 4.17. The highest BCUT2D eigenvalue weighted by atomic mass is 35.5. The molecule has 0 saturated carbocycles. The highest BCUT2D eigenvalue weighted by Gasteiger charge is 2.38. The highest BCUT2D eigenvalue weighted by Crippen LogP contribution is 2.22. The molecule has 2 rings (SSSR count). The first-order chi connectivity index (χ1) is 11.5. The van der Waals surface area contributed by atoms with Gasteiger partial charge in [-0.15, -0.1) is 0 Å². The predicted molar refractivity (Wildman–Crippen MR) is 93.2 cm³/mol. The molecule has 2 atom stereocenters. The Balaban J connectivity index is 1.95. The standard InChI is InChI=1S/C18H25ClN2O3/c1-13(2)11-15(20-19)17(22)21-10-6-9-16(21)18(23)24-12-14-7-4-3-5-8-14/h3-5,7-8,13,15-16,20H,6,9-12H2,1-2H3/t15-,16-/m0/s1. The number of amides is 1. The Bertz CT molecular complexity index is 550. The van der Waals surface area contributed by atoms with Gasteiger partial charge in [0.2, 0.25) is 5.91 Å². The smallest absolute Gasteiger partial charge is 0.329 e. The molecule has 1 aliphatic heterocycles. The molecular weight excluding hydrogens is 328 g/mol. The normalized spacial score (nSPS) is 18.7. The van der Waals surface area contributed by atoms with Gasteiger partial charge >= 0.3 is 5.97 Å². The van der Waals surface area contributed by atoms with E-state index in [0.29, 0.717) is 25.3 Å². The van der Waals surface area contributed by atoms with Crippen LogP contribution in [0.15, 0.2) is 30.3 Å². The number of likely N-dealkylation sites (tertiary alicyclic amines) is 1. The minimum atomic E-state index is -0.513. The second-order valence-electron chi connectivity index (χ2n) is 6.57. The maximum atomic E-state index is 12.7. The summed E-state index contributed by atoms with van der Waals surface area (Å²) >= 11 is 5.74. The van der Waals surface area contributed by atoms with Crippen molar-refractivity contribution in [1.29, 1.82) is 0 Å². The van der Waals surface area contributed by atoms with Crippen LogP contribution >= 0.6 is 11.8 Å². The molecule has 1 aromatic rings. The molecule has 6 heteroatoms. The number of nitrogens with zero attached hydrogens (tertiary/aromatic N) is 1. The lowest BCUT2D eigenvalue weighted by atomic mass is 10.0. The Morgan fingerprint density at radius 3 is 2.67 bits per heavy atom. The number of rotatable bonds is 7. The molecular formula is C18H25ClN2O3. The first-order valence-electron chi connectivity index (χ1n) is 8.40. The molecule has 1 N–H and O–H groups in total. The molecule has 1 amide bonds. The van der Waals surface area contributed by atoms with Crippen molar-refractivity contribution in [3.05, 3.63) is 35.9 Å². The molecule has 0 radical (unpaired) electrons. The lowest BCUT2D eigenvalue weighted by Gasteiger charge is -2.27. The fourth-order valence-electron chi connectivity index (χ4n) is 2.96.